The SMILES string of the molecule is COc1cc(C(F)(F)F)ccc1-c1cnn(-c2ccccn2)c1. The number of nitrogens with zero attached hydrogens (tertiary/aromatic N) is 3. The molecule has 0 unspecified atom stereocenters. The summed E-state index contributed by atoms with van der Waals surface area (Å²) in [6.07, 6.45) is 0.465. The van der Waals surface area contributed by atoms with Gasteiger partial charge in [0.05, 0.1) is 18.9 Å². The van der Waals surface area contributed by atoms with Crippen LogP contribution in [0.2, 0.25) is 0 Å². The first-order chi connectivity index (χ1) is 11.0. The summed E-state index contributed by atoms with van der Waals surface area (Å²) in [6.45, 7) is 0. The van der Waals surface area contributed by atoms with Crippen LogP contribution in [-0.4, -0.2) is 21.9 Å². The third kappa shape index (κ3) is 3.03. The highest BCUT2D eigenvalue weighted by molar-refractivity contribution is 5.70. The Balaban J connectivity index is 2.01. The van der Waals surface area contributed by atoms with E-state index in [1.54, 1.807) is 35.4 Å². The second-order valence-corrected chi connectivity index (χ2v) is 4.77. The average molecular weight is 319 g/mol. The molecule has 0 saturated carbocycles. The van der Waals surface area contributed by atoms with Gasteiger partial charge >= 0.3 is 6.18 Å². The van der Waals surface area contributed by atoms with E-state index in [0.29, 0.717) is 16.9 Å². The van der Waals surface area contributed by atoms with E-state index in [1.807, 2.05) is 6.07 Å². The molecule has 0 spiro atoms. The lowest BCUT2D eigenvalue weighted by Crippen LogP contribution is -2.05. The largest absolute Gasteiger partial charge is 0.496 e. The van der Waals surface area contributed by atoms with Gasteiger partial charge in [-0.25, -0.2) is 9.67 Å². The van der Waals surface area contributed by atoms with E-state index in [1.165, 1.54) is 13.2 Å². The van der Waals surface area contributed by atoms with Crippen molar-refractivity contribution in [1.82, 2.24) is 14.8 Å². The Kier molecular flexibility index (Phi) is 3.77. The molecule has 0 bridgehead atoms. The molecule has 0 aliphatic rings. The van der Waals surface area contributed by atoms with Crippen LogP contribution in [0.15, 0.2) is 55.0 Å². The second-order valence-electron chi connectivity index (χ2n) is 4.77. The van der Waals surface area contributed by atoms with Crippen molar-refractivity contribution in [3.8, 4) is 22.7 Å². The standard InChI is InChI=1S/C16H12F3N3O/c1-23-14-8-12(16(17,18)19)5-6-13(14)11-9-21-22(10-11)15-4-2-3-7-20-15/h2-10H,1H3. The minimum atomic E-state index is -4.41. The van der Waals surface area contributed by atoms with Gasteiger partial charge in [0, 0.05) is 23.5 Å². The zero-order chi connectivity index (χ0) is 16.4. The van der Waals surface area contributed by atoms with Crippen molar-refractivity contribution in [1.29, 1.82) is 0 Å². The van der Waals surface area contributed by atoms with E-state index in [2.05, 4.69) is 10.1 Å². The van der Waals surface area contributed by atoms with Crippen LogP contribution in [0.3, 0.4) is 0 Å². The van der Waals surface area contributed by atoms with Crippen molar-refractivity contribution >= 4 is 0 Å². The monoisotopic (exact) mass is 319 g/mol. The van der Waals surface area contributed by atoms with Crippen LogP contribution in [0.4, 0.5) is 13.2 Å². The summed E-state index contributed by atoms with van der Waals surface area (Å²) >= 11 is 0. The first-order valence-corrected chi connectivity index (χ1v) is 6.71. The Morgan fingerprint density at radius 1 is 1.13 bits per heavy atom. The molecule has 2 heterocycles. The summed E-state index contributed by atoms with van der Waals surface area (Å²) in [7, 11) is 1.34. The highest BCUT2D eigenvalue weighted by Crippen LogP contribution is 2.36. The molecular weight excluding hydrogens is 307 g/mol. The number of ether oxygens (including phenoxy) is 1. The van der Waals surface area contributed by atoms with Gasteiger partial charge in [-0.15, -0.1) is 0 Å². The summed E-state index contributed by atoms with van der Waals surface area (Å²) in [5.41, 5.74) is 0.416. The summed E-state index contributed by atoms with van der Waals surface area (Å²) < 4.78 is 45.0. The summed E-state index contributed by atoms with van der Waals surface area (Å²) in [6, 6.07) is 8.76. The van der Waals surface area contributed by atoms with Gasteiger partial charge < -0.3 is 4.74 Å². The van der Waals surface area contributed by atoms with Crippen molar-refractivity contribution < 1.29 is 17.9 Å². The molecule has 23 heavy (non-hydrogen) atoms. The smallest absolute Gasteiger partial charge is 0.416 e. The molecule has 0 saturated heterocycles. The zero-order valence-electron chi connectivity index (χ0n) is 12.1. The number of halogens is 3. The van der Waals surface area contributed by atoms with Crippen LogP contribution in [0, 0.1) is 0 Å². The van der Waals surface area contributed by atoms with E-state index in [9.17, 15) is 13.2 Å². The summed E-state index contributed by atoms with van der Waals surface area (Å²) in [5.74, 6) is 0.755. The number of pyridine rings is 1. The average Bonchev–Trinajstić information content (AvgIpc) is 3.04. The van der Waals surface area contributed by atoms with E-state index < -0.39 is 11.7 Å². The zero-order valence-corrected chi connectivity index (χ0v) is 12.1. The Morgan fingerprint density at radius 2 is 1.96 bits per heavy atom. The fourth-order valence-electron chi connectivity index (χ4n) is 2.18. The fourth-order valence-corrected chi connectivity index (χ4v) is 2.18. The molecule has 7 heteroatoms. The van der Waals surface area contributed by atoms with Crippen LogP contribution in [-0.2, 0) is 6.18 Å². The Morgan fingerprint density at radius 3 is 2.61 bits per heavy atom. The van der Waals surface area contributed by atoms with Gasteiger partial charge in [0.1, 0.15) is 5.75 Å². The number of hydrogen-bond donors (Lipinski definition) is 0. The lowest BCUT2D eigenvalue weighted by atomic mass is 10.1. The predicted octanol–water partition coefficient (Wildman–Crippen LogP) is 3.96. The van der Waals surface area contributed by atoms with Crippen LogP contribution >= 0.6 is 0 Å². The molecule has 3 aromatic rings. The molecule has 2 aromatic heterocycles. The van der Waals surface area contributed by atoms with Gasteiger partial charge in [-0.3, -0.25) is 0 Å². The molecule has 0 amide bonds. The minimum absolute atomic E-state index is 0.139. The molecule has 0 atom stereocenters. The number of methoxy groups -OCH3 is 1. The molecule has 0 fully saturated rings. The lowest BCUT2D eigenvalue weighted by Gasteiger charge is -2.11. The van der Waals surface area contributed by atoms with Gasteiger partial charge in [0.15, 0.2) is 5.82 Å². The van der Waals surface area contributed by atoms with Crippen molar-refractivity contribution in [2.24, 2.45) is 0 Å². The molecule has 4 nitrogen and oxygen atoms in total. The first-order valence-electron chi connectivity index (χ1n) is 6.71. The highest BCUT2D eigenvalue weighted by Gasteiger charge is 2.31. The van der Waals surface area contributed by atoms with E-state index in [4.69, 9.17) is 4.74 Å². The van der Waals surface area contributed by atoms with Gasteiger partial charge in [-0.2, -0.15) is 18.3 Å². The minimum Gasteiger partial charge on any atom is -0.496 e. The maximum Gasteiger partial charge on any atom is 0.416 e. The normalized spacial score (nSPS) is 11.5. The Labute approximate surface area is 130 Å². The maximum absolute atomic E-state index is 12.8. The number of benzene rings is 1. The van der Waals surface area contributed by atoms with Crippen molar-refractivity contribution in [2.75, 3.05) is 7.11 Å². The van der Waals surface area contributed by atoms with Gasteiger partial charge in [-0.05, 0) is 30.3 Å². The molecular formula is C16H12F3N3O. The van der Waals surface area contributed by atoms with E-state index >= 15 is 0 Å². The van der Waals surface area contributed by atoms with Gasteiger partial charge in [-0.1, -0.05) is 6.07 Å². The lowest BCUT2D eigenvalue weighted by molar-refractivity contribution is -0.137. The van der Waals surface area contributed by atoms with Crippen molar-refractivity contribution in [2.45, 2.75) is 6.18 Å². The van der Waals surface area contributed by atoms with Crippen LogP contribution in [0.1, 0.15) is 5.56 Å². The molecule has 118 valence electrons. The molecule has 1 aromatic carbocycles. The molecule has 0 N–H and O–H groups in total. The second kappa shape index (κ2) is 5.75. The van der Waals surface area contributed by atoms with E-state index in [-0.39, 0.29) is 5.75 Å². The summed E-state index contributed by atoms with van der Waals surface area (Å²) in [4.78, 5) is 4.17. The summed E-state index contributed by atoms with van der Waals surface area (Å²) in [5, 5.41) is 4.19. The molecule has 3 rings (SSSR count). The van der Waals surface area contributed by atoms with Gasteiger partial charge in [0.25, 0.3) is 0 Å². The van der Waals surface area contributed by atoms with Crippen LogP contribution in [0.25, 0.3) is 16.9 Å². The number of hydrogen-bond acceptors (Lipinski definition) is 3. The topological polar surface area (TPSA) is 39.9 Å². The third-order valence-electron chi connectivity index (χ3n) is 3.31. The Hall–Kier alpha value is -2.83. The third-order valence-corrected chi connectivity index (χ3v) is 3.31. The number of aromatic nitrogens is 3. The quantitative estimate of drug-likeness (QED) is 0.733. The predicted molar refractivity (Wildman–Crippen MR) is 78.3 cm³/mol. The number of rotatable bonds is 3. The van der Waals surface area contributed by atoms with Crippen LogP contribution in [0.5, 0.6) is 5.75 Å². The molecule has 0 radical (unpaired) electrons. The highest BCUT2D eigenvalue weighted by atomic mass is 19.4. The number of alkyl halides is 3. The maximum atomic E-state index is 12.8. The van der Waals surface area contributed by atoms with Crippen LogP contribution < -0.4 is 4.74 Å². The first kappa shape index (κ1) is 15.1. The van der Waals surface area contributed by atoms with Crippen molar-refractivity contribution in [3.63, 3.8) is 0 Å². The fraction of sp³-hybridized carbons (Fsp3) is 0.125. The molecule has 0 aliphatic heterocycles. The van der Waals surface area contributed by atoms with E-state index in [0.717, 1.165) is 12.1 Å². The van der Waals surface area contributed by atoms with Crippen molar-refractivity contribution in [3.05, 3.63) is 60.6 Å². The van der Waals surface area contributed by atoms with Gasteiger partial charge in [0.2, 0.25) is 0 Å². The Bertz CT molecular complexity index is 813. The molecule has 0 aliphatic carbocycles.